The Morgan fingerprint density at radius 1 is 1.24 bits per heavy atom. The van der Waals surface area contributed by atoms with Gasteiger partial charge < -0.3 is 15.8 Å². The van der Waals surface area contributed by atoms with Crippen molar-refractivity contribution in [2.24, 2.45) is 5.73 Å². The van der Waals surface area contributed by atoms with Crippen molar-refractivity contribution in [1.82, 2.24) is 0 Å². The summed E-state index contributed by atoms with van der Waals surface area (Å²) in [5.74, 6) is -1.44. The molecule has 1 atom stereocenters. The molecule has 0 fully saturated rings. The number of nitrogens with two attached hydrogens (primary N) is 1. The molecule has 9 heteroatoms. The molecule has 0 aromatic heterocycles. The average molecular weight is 543 g/mol. The van der Waals surface area contributed by atoms with E-state index < -0.39 is 17.3 Å². The molecule has 1 unspecified atom stereocenters. The molecule has 2 aromatic rings. The van der Waals surface area contributed by atoms with Gasteiger partial charge in [-0.3, -0.25) is 14.5 Å². The van der Waals surface area contributed by atoms with E-state index in [4.69, 9.17) is 22.1 Å². The highest BCUT2D eigenvalue weighted by molar-refractivity contribution is 9.10. The predicted molar refractivity (Wildman–Crippen MR) is 132 cm³/mol. The highest BCUT2D eigenvalue weighted by Crippen LogP contribution is 2.56. The number of nitrogens with one attached hydrogen (secondary N) is 1. The molecule has 1 amide bonds. The van der Waals surface area contributed by atoms with Gasteiger partial charge in [-0.05, 0) is 44.0 Å². The number of benzene rings is 2. The largest absolute Gasteiger partial charge is 0.462 e. The van der Waals surface area contributed by atoms with Gasteiger partial charge in [0.2, 0.25) is 5.91 Å². The van der Waals surface area contributed by atoms with Gasteiger partial charge in [-0.15, -0.1) is 0 Å². The second kappa shape index (κ2) is 8.29. The first-order valence-electron chi connectivity index (χ1n) is 10.9. The van der Waals surface area contributed by atoms with Crippen LogP contribution in [0, 0.1) is 0 Å². The van der Waals surface area contributed by atoms with Crippen molar-refractivity contribution >= 4 is 56.6 Å². The van der Waals surface area contributed by atoms with E-state index in [1.165, 1.54) is 0 Å². The quantitative estimate of drug-likeness (QED) is 0.552. The van der Waals surface area contributed by atoms with Crippen LogP contribution in [0.4, 0.5) is 11.4 Å². The molecule has 3 aliphatic rings. The number of carbonyl (C=O) groups excluding carboxylic acids is 3. The van der Waals surface area contributed by atoms with Gasteiger partial charge in [0.15, 0.2) is 5.78 Å². The zero-order valence-electron chi connectivity index (χ0n) is 18.3. The first-order valence-corrected chi connectivity index (χ1v) is 12.1. The fourth-order valence-corrected chi connectivity index (χ4v) is 5.96. The summed E-state index contributed by atoms with van der Waals surface area (Å²) in [6.07, 6.45) is 1.33. The maximum absolute atomic E-state index is 13.8. The number of ketones is 1. The Kier molecular flexibility index (Phi) is 5.53. The first kappa shape index (κ1) is 22.7. The summed E-state index contributed by atoms with van der Waals surface area (Å²) in [4.78, 5) is 42.5. The number of Topliss-reactive ketones (excluding diaryl/α,β-unsaturated/α-hetero) is 1. The van der Waals surface area contributed by atoms with Crippen molar-refractivity contribution in [3.63, 3.8) is 0 Å². The highest BCUT2D eigenvalue weighted by Gasteiger charge is 2.61. The molecule has 7 nitrogen and oxygen atoms in total. The maximum Gasteiger partial charge on any atom is 0.339 e. The van der Waals surface area contributed by atoms with Crippen LogP contribution < -0.4 is 16.0 Å². The van der Waals surface area contributed by atoms with Crippen molar-refractivity contribution in [2.45, 2.75) is 31.6 Å². The monoisotopic (exact) mass is 541 g/mol. The van der Waals surface area contributed by atoms with Crippen LogP contribution in [0.25, 0.3) is 0 Å². The number of amides is 1. The van der Waals surface area contributed by atoms with Crippen molar-refractivity contribution in [2.75, 3.05) is 16.8 Å². The summed E-state index contributed by atoms with van der Waals surface area (Å²) < 4.78 is 6.16. The second-order valence-electron chi connectivity index (χ2n) is 8.26. The lowest BCUT2D eigenvalue weighted by molar-refractivity contribution is -0.140. The molecule has 2 aromatic carbocycles. The number of halogens is 2. The van der Waals surface area contributed by atoms with Gasteiger partial charge in [0, 0.05) is 33.4 Å². The summed E-state index contributed by atoms with van der Waals surface area (Å²) in [7, 11) is 0. The zero-order chi connectivity index (χ0) is 24.2. The number of para-hydroxylation sites is 1. The molecule has 0 saturated carbocycles. The molecule has 0 saturated heterocycles. The SMILES string of the molecule is CCOC(=O)C1=C(N)N(c2ccc(Br)cc2Cl)C2=C(C(=O)CCC2)C12C(=O)Nc1ccccc12. The third-order valence-electron chi connectivity index (χ3n) is 6.45. The van der Waals surface area contributed by atoms with E-state index >= 15 is 0 Å². The van der Waals surface area contributed by atoms with Crippen molar-refractivity contribution in [3.8, 4) is 0 Å². The van der Waals surface area contributed by atoms with E-state index in [-0.39, 0.29) is 35.8 Å². The first-order chi connectivity index (χ1) is 16.3. The molecule has 3 N–H and O–H groups in total. The Morgan fingerprint density at radius 2 is 2.00 bits per heavy atom. The molecule has 5 rings (SSSR count). The van der Waals surface area contributed by atoms with Crippen LogP contribution in [0.3, 0.4) is 0 Å². The molecular formula is C25H21BrClN3O4. The zero-order valence-corrected chi connectivity index (χ0v) is 20.6. The van der Waals surface area contributed by atoms with Gasteiger partial charge in [0.05, 0.1) is 17.3 Å². The topological polar surface area (TPSA) is 102 Å². The van der Waals surface area contributed by atoms with Gasteiger partial charge in [-0.2, -0.15) is 0 Å². The molecule has 1 aliphatic carbocycles. The summed E-state index contributed by atoms with van der Waals surface area (Å²) in [5, 5.41) is 3.23. The molecule has 2 aliphatic heterocycles. The van der Waals surface area contributed by atoms with E-state index in [9.17, 15) is 14.4 Å². The number of esters is 1. The van der Waals surface area contributed by atoms with Gasteiger partial charge in [-0.25, -0.2) is 4.79 Å². The number of hydrogen-bond donors (Lipinski definition) is 2. The lowest BCUT2D eigenvalue weighted by Gasteiger charge is -2.44. The van der Waals surface area contributed by atoms with Gasteiger partial charge in [-0.1, -0.05) is 45.7 Å². The molecular weight excluding hydrogens is 522 g/mol. The number of rotatable bonds is 3. The Morgan fingerprint density at radius 3 is 2.74 bits per heavy atom. The fourth-order valence-electron chi connectivity index (χ4n) is 5.20. The molecule has 0 radical (unpaired) electrons. The Hall–Kier alpha value is -3.10. The minimum Gasteiger partial charge on any atom is -0.462 e. The smallest absolute Gasteiger partial charge is 0.339 e. The second-order valence-corrected chi connectivity index (χ2v) is 9.58. The number of ether oxygens (including phenoxy) is 1. The Bertz CT molecular complexity index is 1340. The third kappa shape index (κ3) is 3.05. The van der Waals surface area contributed by atoms with E-state index in [1.54, 1.807) is 54.3 Å². The van der Waals surface area contributed by atoms with E-state index in [1.807, 2.05) is 0 Å². The Labute approximate surface area is 209 Å². The fraction of sp³-hybridized carbons (Fsp3) is 0.240. The normalized spacial score (nSPS) is 21.6. The minimum absolute atomic E-state index is 0.0166. The molecule has 174 valence electrons. The number of allylic oxidation sites excluding steroid dienone is 1. The maximum atomic E-state index is 13.8. The summed E-state index contributed by atoms with van der Waals surface area (Å²) in [6, 6.07) is 12.3. The summed E-state index contributed by atoms with van der Waals surface area (Å²) in [5.41, 5.74) is 7.32. The standard InChI is InChI=1S/C25H21BrClN3O4/c1-2-34-23(32)21-22(28)30(17-11-10-13(26)12-15(17)27)18-8-5-9-19(31)20(18)25(21)14-6-3-4-7-16(14)29-24(25)33/h3-4,6-7,10-12H,2,5,8-9,28H2,1H3,(H,29,33). The van der Waals surface area contributed by atoms with Crippen molar-refractivity contribution in [1.29, 1.82) is 0 Å². The molecule has 0 bridgehead atoms. The van der Waals surface area contributed by atoms with Gasteiger partial charge >= 0.3 is 5.97 Å². The number of nitrogens with zero attached hydrogens (tertiary/aromatic N) is 1. The van der Waals surface area contributed by atoms with Gasteiger partial charge in [0.1, 0.15) is 16.8 Å². The van der Waals surface area contributed by atoms with Crippen LogP contribution in [-0.2, 0) is 24.5 Å². The van der Waals surface area contributed by atoms with Crippen molar-refractivity contribution in [3.05, 3.63) is 80.2 Å². The van der Waals surface area contributed by atoms with Crippen LogP contribution >= 0.6 is 27.5 Å². The van der Waals surface area contributed by atoms with Crippen LogP contribution in [0.1, 0.15) is 31.7 Å². The number of anilines is 2. The minimum atomic E-state index is -1.70. The average Bonchev–Trinajstić information content (AvgIpc) is 3.07. The molecule has 34 heavy (non-hydrogen) atoms. The van der Waals surface area contributed by atoms with Crippen LogP contribution in [0.2, 0.25) is 5.02 Å². The summed E-state index contributed by atoms with van der Waals surface area (Å²) in [6.45, 7) is 1.75. The van der Waals surface area contributed by atoms with Crippen LogP contribution in [0.15, 0.2) is 69.6 Å². The third-order valence-corrected chi connectivity index (χ3v) is 7.25. The highest BCUT2D eigenvalue weighted by atomic mass is 79.9. The molecule has 1 spiro atoms. The van der Waals surface area contributed by atoms with Crippen LogP contribution in [-0.4, -0.2) is 24.3 Å². The van der Waals surface area contributed by atoms with E-state index in [2.05, 4.69) is 21.2 Å². The summed E-state index contributed by atoms with van der Waals surface area (Å²) >= 11 is 10.00. The number of hydrogen-bond acceptors (Lipinski definition) is 6. The molecule has 2 heterocycles. The van der Waals surface area contributed by atoms with Gasteiger partial charge in [0.25, 0.3) is 0 Å². The van der Waals surface area contributed by atoms with E-state index in [0.29, 0.717) is 40.5 Å². The lowest BCUT2D eigenvalue weighted by atomic mass is 9.63. The van der Waals surface area contributed by atoms with Crippen LogP contribution in [0.5, 0.6) is 0 Å². The lowest BCUT2D eigenvalue weighted by Crippen LogP contribution is -2.53. The van der Waals surface area contributed by atoms with Crippen molar-refractivity contribution < 1.29 is 19.1 Å². The number of carbonyl (C=O) groups is 3. The predicted octanol–water partition coefficient (Wildman–Crippen LogP) is 4.55. The Balaban J connectivity index is 1.90. The van der Waals surface area contributed by atoms with E-state index in [0.717, 1.165) is 4.47 Å². The number of fused-ring (bicyclic) bond motifs is 3.